The topological polar surface area (TPSA) is 95.9 Å². The number of sulfonamides is 1. The van der Waals surface area contributed by atoms with Crippen molar-refractivity contribution in [3.63, 3.8) is 0 Å². The molecule has 0 aliphatic carbocycles. The van der Waals surface area contributed by atoms with Gasteiger partial charge < -0.3 is 14.7 Å². The molecule has 2 aliphatic heterocycles. The van der Waals surface area contributed by atoms with E-state index in [0.29, 0.717) is 56.7 Å². The molecule has 0 unspecified atom stereocenters. The normalized spacial score (nSPS) is 16.4. The van der Waals surface area contributed by atoms with Crippen molar-refractivity contribution in [1.82, 2.24) is 9.97 Å². The molecule has 3 heterocycles. The molecule has 1 saturated heterocycles. The largest absolute Gasteiger partial charge is 0.508 e. The molecule has 1 fully saturated rings. The molecular weight excluding hydrogens is 416 g/mol. The molecule has 2 aromatic carbocycles. The number of ether oxygens (including phenoxy) is 1. The summed E-state index contributed by atoms with van der Waals surface area (Å²) in [6, 6.07) is 15.2. The summed E-state index contributed by atoms with van der Waals surface area (Å²) in [6.07, 6.45) is 0.496. The second-order valence-electron chi connectivity index (χ2n) is 7.46. The predicted octanol–water partition coefficient (Wildman–Crippen LogP) is 2.44. The number of aromatic nitrogens is 2. The number of aromatic hydroxyl groups is 1. The predicted molar refractivity (Wildman–Crippen MR) is 117 cm³/mol. The van der Waals surface area contributed by atoms with Crippen molar-refractivity contribution in [3.05, 3.63) is 60.2 Å². The number of anilines is 2. The minimum atomic E-state index is -3.76. The monoisotopic (exact) mass is 438 g/mol. The number of fused-ring (bicyclic) bond motifs is 1. The number of rotatable bonds is 4. The van der Waals surface area contributed by atoms with E-state index in [1.165, 1.54) is 4.31 Å². The van der Waals surface area contributed by atoms with Crippen molar-refractivity contribution in [2.45, 2.75) is 11.3 Å². The van der Waals surface area contributed by atoms with Gasteiger partial charge in [0.2, 0.25) is 5.95 Å². The Bertz CT molecular complexity index is 1210. The van der Waals surface area contributed by atoms with Crippen LogP contribution in [0, 0.1) is 0 Å². The highest BCUT2D eigenvalue weighted by molar-refractivity contribution is 7.92. The van der Waals surface area contributed by atoms with Crippen LogP contribution in [0.2, 0.25) is 0 Å². The Balaban J connectivity index is 1.66. The molecule has 0 radical (unpaired) electrons. The lowest BCUT2D eigenvalue weighted by molar-refractivity contribution is 0.122. The third-order valence-electron chi connectivity index (χ3n) is 5.52. The van der Waals surface area contributed by atoms with Gasteiger partial charge >= 0.3 is 0 Å². The lowest BCUT2D eigenvalue weighted by Crippen LogP contribution is -2.38. The van der Waals surface area contributed by atoms with Crippen LogP contribution >= 0.6 is 0 Å². The Morgan fingerprint density at radius 1 is 0.935 bits per heavy atom. The van der Waals surface area contributed by atoms with Gasteiger partial charge in [-0.3, -0.25) is 0 Å². The van der Waals surface area contributed by atoms with Gasteiger partial charge in [-0.05, 0) is 30.7 Å². The first-order chi connectivity index (χ1) is 15.0. The fourth-order valence-electron chi connectivity index (χ4n) is 3.97. The van der Waals surface area contributed by atoms with E-state index in [1.807, 2.05) is 11.0 Å². The maximum Gasteiger partial charge on any atom is 0.265 e. The van der Waals surface area contributed by atoms with E-state index in [1.54, 1.807) is 48.5 Å². The average molecular weight is 439 g/mol. The van der Waals surface area contributed by atoms with E-state index >= 15 is 0 Å². The Morgan fingerprint density at radius 2 is 1.71 bits per heavy atom. The summed E-state index contributed by atoms with van der Waals surface area (Å²) in [4.78, 5) is 11.7. The standard InChI is InChI=1S/C22H22N4O4S/c27-17-6-4-5-16(15-17)20-19-9-10-26(31(28,29)18-7-2-1-3-8-18)21(19)24-22(23-20)25-11-13-30-14-12-25/h1-8,15,27H,9-14H2. The van der Waals surface area contributed by atoms with E-state index in [4.69, 9.17) is 14.7 Å². The number of hydrogen-bond donors (Lipinski definition) is 1. The second kappa shape index (κ2) is 7.82. The van der Waals surface area contributed by atoms with Gasteiger partial charge in [0.25, 0.3) is 10.0 Å². The number of hydrogen-bond acceptors (Lipinski definition) is 7. The molecule has 0 amide bonds. The summed E-state index contributed by atoms with van der Waals surface area (Å²) in [5.41, 5.74) is 2.14. The molecule has 0 saturated carbocycles. The third kappa shape index (κ3) is 3.60. The van der Waals surface area contributed by atoms with Crippen LogP contribution in [-0.4, -0.2) is 56.3 Å². The van der Waals surface area contributed by atoms with Gasteiger partial charge in [0, 0.05) is 30.8 Å². The molecule has 0 atom stereocenters. The molecular formula is C22H22N4O4S. The Hall–Kier alpha value is -3.17. The molecule has 2 aliphatic rings. The molecule has 0 spiro atoms. The van der Waals surface area contributed by atoms with Gasteiger partial charge in [0.15, 0.2) is 5.82 Å². The zero-order valence-electron chi connectivity index (χ0n) is 16.8. The van der Waals surface area contributed by atoms with E-state index in [-0.39, 0.29) is 10.6 Å². The molecule has 1 aromatic heterocycles. The lowest BCUT2D eigenvalue weighted by atomic mass is 10.1. The van der Waals surface area contributed by atoms with Gasteiger partial charge in [0.1, 0.15) is 5.75 Å². The van der Waals surface area contributed by atoms with Crippen LogP contribution in [-0.2, 0) is 21.2 Å². The van der Waals surface area contributed by atoms with Gasteiger partial charge in [-0.15, -0.1) is 0 Å². The Kier molecular flexibility index (Phi) is 4.99. The van der Waals surface area contributed by atoms with Crippen molar-refractivity contribution >= 4 is 21.8 Å². The molecule has 31 heavy (non-hydrogen) atoms. The van der Waals surface area contributed by atoms with Crippen LogP contribution in [0.1, 0.15) is 5.56 Å². The van der Waals surface area contributed by atoms with E-state index < -0.39 is 10.0 Å². The SMILES string of the molecule is O=S(=O)(c1ccccc1)N1CCc2c(-c3cccc(O)c3)nc(N3CCOCC3)nc21. The van der Waals surface area contributed by atoms with Crippen LogP contribution in [0.15, 0.2) is 59.5 Å². The summed E-state index contributed by atoms with van der Waals surface area (Å²) < 4.78 is 33.6. The third-order valence-corrected chi connectivity index (χ3v) is 7.32. The summed E-state index contributed by atoms with van der Waals surface area (Å²) in [7, 11) is -3.76. The summed E-state index contributed by atoms with van der Waals surface area (Å²) >= 11 is 0. The van der Waals surface area contributed by atoms with Crippen LogP contribution in [0.25, 0.3) is 11.3 Å². The molecule has 8 nitrogen and oxygen atoms in total. The number of nitrogens with zero attached hydrogens (tertiary/aromatic N) is 4. The van der Waals surface area contributed by atoms with Gasteiger partial charge in [-0.2, -0.15) is 4.98 Å². The van der Waals surface area contributed by atoms with E-state index in [2.05, 4.69) is 0 Å². The van der Waals surface area contributed by atoms with Crippen molar-refractivity contribution in [2.24, 2.45) is 0 Å². The average Bonchev–Trinajstić information content (AvgIpc) is 3.24. The number of phenolic OH excluding ortho intramolecular Hbond substituents is 1. The summed E-state index contributed by atoms with van der Waals surface area (Å²) in [6.45, 7) is 2.68. The van der Waals surface area contributed by atoms with Crippen LogP contribution in [0.3, 0.4) is 0 Å². The minimum Gasteiger partial charge on any atom is -0.508 e. The summed E-state index contributed by atoms with van der Waals surface area (Å²) in [5.74, 6) is 0.999. The Morgan fingerprint density at radius 3 is 2.45 bits per heavy atom. The first-order valence-corrected chi connectivity index (χ1v) is 11.6. The van der Waals surface area contributed by atoms with E-state index in [9.17, 15) is 13.5 Å². The zero-order valence-corrected chi connectivity index (χ0v) is 17.6. The molecule has 1 N–H and O–H groups in total. The highest BCUT2D eigenvalue weighted by Gasteiger charge is 2.35. The van der Waals surface area contributed by atoms with Crippen LogP contribution in [0.4, 0.5) is 11.8 Å². The first-order valence-electron chi connectivity index (χ1n) is 10.1. The van der Waals surface area contributed by atoms with Crippen molar-refractivity contribution in [1.29, 1.82) is 0 Å². The fourth-order valence-corrected chi connectivity index (χ4v) is 5.43. The molecule has 9 heteroatoms. The summed E-state index contributed by atoms with van der Waals surface area (Å²) in [5, 5.41) is 9.99. The highest BCUT2D eigenvalue weighted by Crippen LogP contribution is 2.38. The molecule has 3 aromatic rings. The van der Waals surface area contributed by atoms with Crippen molar-refractivity contribution in [2.75, 3.05) is 42.1 Å². The molecule has 5 rings (SSSR count). The quantitative estimate of drug-likeness (QED) is 0.668. The smallest absolute Gasteiger partial charge is 0.265 e. The van der Waals surface area contributed by atoms with Gasteiger partial charge in [-0.1, -0.05) is 30.3 Å². The maximum absolute atomic E-state index is 13.4. The zero-order chi connectivity index (χ0) is 21.4. The van der Waals surface area contributed by atoms with Crippen LogP contribution < -0.4 is 9.21 Å². The highest BCUT2D eigenvalue weighted by atomic mass is 32.2. The molecule has 160 valence electrons. The van der Waals surface area contributed by atoms with Crippen molar-refractivity contribution < 1.29 is 18.3 Å². The number of phenols is 1. The number of morpholine rings is 1. The Labute approximate surface area is 180 Å². The maximum atomic E-state index is 13.4. The fraction of sp³-hybridized carbons (Fsp3) is 0.273. The minimum absolute atomic E-state index is 0.129. The first kappa shape index (κ1) is 19.8. The lowest BCUT2D eigenvalue weighted by Gasteiger charge is -2.28. The van der Waals surface area contributed by atoms with Gasteiger partial charge in [0.05, 0.1) is 23.8 Å². The van der Waals surface area contributed by atoms with Crippen molar-refractivity contribution in [3.8, 4) is 17.0 Å². The van der Waals surface area contributed by atoms with E-state index in [0.717, 1.165) is 11.1 Å². The molecule has 0 bridgehead atoms. The van der Waals surface area contributed by atoms with Crippen LogP contribution in [0.5, 0.6) is 5.75 Å². The second-order valence-corrected chi connectivity index (χ2v) is 9.33. The van der Waals surface area contributed by atoms with Gasteiger partial charge in [-0.25, -0.2) is 17.7 Å². The number of benzene rings is 2.